The number of nitrogens with zero attached hydrogens (tertiary/aromatic N) is 2. The van der Waals surface area contributed by atoms with E-state index in [2.05, 4.69) is 5.32 Å². The molecule has 0 heterocycles. The molecule has 0 aliphatic carbocycles. The molecule has 1 unspecified atom stereocenters. The van der Waals surface area contributed by atoms with Crippen molar-refractivity contribution < 1.29 is 27.1 Å². The Balaban J connectivity index is 2.01. The zero-order chi connectivity index (χ0) is 29.3. The van der Waals surface area contributed by atoms with E-state index in [4.69, 9.17) is 16.3 Å². The molecule has 0 bridgehead atoms. The van der Waals surface area contributed by atoms with Crippen LogP contribution >= 0.6 is 11.6 Å². The highest BCUT2D eigenvalue weighted by Gasteiger charge is 2.32. The molecule has 0 aromatic heterocycles. The van der Waals surface area contributed by atoms with Crippen LogP contribution in [0.15, 0.2) is 77.7 Å². The van der Waals surface area contributed by atoms with E-state index in [1.54, 1.807) is 31.2 Å². The fourth-order valence-electron chi connectivity index (χ4n) is 3.95. The number of hydrogen-bond donors (Lipinski definition) is 1. The van der Waals surface area contributed by atoms with Crippen LogP contribution in [0.1, 0.15) is 32.8 Å². The number of amides is 2. The van der Waals surface area contributed by atoms with Gasteiger partial charge in [0.05, 0.1) is 17.2 Å². The van der Waals surface area contributed by atoms with Gasteiger partial charge >= 0.3 is 0 Å². The average molecular weight is 590 g/mol. The van der Waals surface area contributed by atoms with E-state index in [0.717, 1.165) is 16.4 Å². The maximum Gasteiger partial charge on any atom is 0.264 e. The summed E-state index contributed by atoms with van der Waals surface area (Å²) < 4.78 is 47.7. The summed E-state index contributed by atoms with van der Waals surface area (Å²) >= 11 is 6.14. The summed E-state index contributed by atoms with van der Waals surface area (Å²) in [6, 6.07) is 16.5. The second-order valence-corrected chi connectivity index (χ2v) is 11.3. The maximum absolute atomic E-state index is 13.8. The van der Waals surface area contributed by atoms with Crippen molar-refractivity contribution in [3.63, 3.8) is 0 Å². The third-order valence-electron chi connectivity index (χ3n) is 6.07. The molecule has 214 valence electrons. The van der Waals surface area contributed by atoms with Crippen LogP contribution < -0.4 is 14.4 Å². The van der Waals surface area contributed by atoms with Gasteiger partial charge in [-0.1, -0.05) is 30.7 Å². The lowest BCUT2D eigenvalue weighted by atomic mass is 10.1. The van der Waals surface area contributed by atoms with Crippen LogP contribution in [0.3, 0.4) is 0 Å². The van der Waals surface area contributed by atoms with Crippen molar-refractivity contribution in [1.29, 1.82) is 0 Å². The summed E-state index contributed by atoms with van der Waals surface area (Å²) in [6.45, 7) is 5.52. The van der Waals surface area contributed by atoms with Crippen molar-refractivity contribution >= 4 is 39.1 Å². The second-order valence-electron chi connectivity index (χ2n) is 9.01. The Bertz CT molecular complexity index is 1400. The molecule has 11 heteroatoms. The number of anilines is 1. The number of sulfonamides is 1. The lowest BCUT2D eigenvalue weighted by Gasteiger charge is -2.32. The van der Waals surface area contributed by atoms with Gasteiger partial charge in [-0.2, -0.15) is 0 Å². The Morgan fingerprint density at radius 2 is 1.70 bits per heavy atom. The first kappa shape index (κ1) is 30.9. The molecule has 1 N–H and O–H groups in total. The van der Waals surface area contributed by atoms with Gasteiger partial charge in [0.15, 0.2) is 0 Å². The fourth-order valence-corrected chi connectivity index (χ4v) is 5.58. The topological polar surface area (TPSA) is 96.0 Å². The van der Waals surface area contributed by atoms with Gasteiger partial charge in [-0.15, -0.1) is 0 Å². The van der Waals surface area contributed by atoms with E-state index in [0.29, 0.717) is 35.9 Å². The molecule has 0 saturated heterocycles. The first-order chi connectivity index (χ1) is 19.1. The Kier molecular flexibility index (Phi) is 10.9. The minimum absolute atomic E-state index is 0.0143. The van der Waals surface area contributed by atoms with Gasteiger partial charge in [-0.05, 0) is 86.5 Å². The van der Waals surface area contributed by atoms with E-state index in [-0.39, 0.29) is 23.0 Å². The number of hydrogen-bond acceptors (Lipinski definition) is 5. The molecule has 0 radical (unpaired) electrons. The normalized spacial score (nSPS) is 11.9. The van der Waals surface area contributed by atoms with Crippen LogP contribution in [0.5, 0.6) is 5.75 Å². The smallest absolute Gasteiger partial charge is 0.264 e. The molecule has 0 aliphatic heterocycles. The molecule has 0 saturated carbocycles. The van der Waals surface area contributed by atoms with Crippen LogP contribution in [0, 0.1) is 5.82 Å². The van der Waals surface area contributed by atoms with Crippen LogP contribution in [0.25, 0.3) is 0 Å². The minimum Gasteiger partial charge on any atom is -0.494 e. The lowest BCUT2D eigenvalue weighted by molar-refractivity contribution is -0.139. The average Bonchev–Trinajstić information content (AvgIpc) is 2.94. The highest BCUT2D eigenvalue weighted by atomic mass is 35.5. The van der Waals surface area contributed by atoms with E-state index in [1.165, 1.54) is 41.3 Å². The minimum atomic E-state index is -4.28. The second kappa shape index (κ2) is 14.1. The predicted molar refractivity (Wildman–Crippen MR) is 153 cm³/mol. The molecule has 40 heavy (non-hydrogen) atoms. The SMILES string of the molecule is CCCNC(=O)C(C)N(Cc1cccc(Cl)c1)C(=O)CN(c1ccc(F)cc1)S(=O)(=O)c1ccc(OCC)cc1. The molecular weight excluding hydrogens is 557 g/mol. The third-order valence-corrected chi connectivity index (χ3v) is 8.10. The fraction of sp³-hybridized carbons (Fsp3) is 0.310. The quantitative estimate of drug-likeness (QED) is 0.302. The summed E-state index contributed by atoms with van der Waals surface area (Å²) in [5.41, 5.74) is 0.758. The summed E-state index contributed by atoms with van der Waals surface area (Å²) in [4.78, 5) is 27.9. The first-order valence-electron chi connectivity index (χ1n) is 12.9. The molecule has 2 amide bonds. The summed E-state index contributed by atoms with van der Waals surface area (Å²) in [5, 5.41) is 3.24. The zero-order valence-electron chi connectivity index (χ0n) is 22.6. The highest BCUT2D eigenvalue weighted by Crippen LogP contribution is 2.26. The zero-order valence-corrected chi connectivity index (χ0v) is 24.2. The Labute approximate surface area is 239 Å². The Morgan fingerprint density at radius 3 is 2.30 bits per heavy atom. The number of nitrogens with one attached hydrogen (secondary N) is 1. The van der Waals surface area contributed by atoms with Crippen molar-refractivity contribution in [3.05, 3.63) is 89.2 Å². The first-order valence-corrected chi connectivity index (χ1v) is 14.7. The van der Waals surface area contributed by atoms with Crippen LogP contribution in [-0.2, 0) is 26.2 Å². The van der Waals surface area contributed by atoms with Gasteiger partial charge in [0.1, 0.15) is 24.2 Å². The molecular formula is C29H33ClFN3O5S. The van der Waals surface area contributed by atoms with E-state index < -0.39 is 34.3 Å². The van der Waals surface area contributed by atoms with Crippen molar-refractivity contribution in [1.82, 2.24) is 10.2 Å². The van der Waals surface area contributed by atoms with Crippen LogP contribution in [0.2, 0.25) is 5.02 Å². The number of benzene rings is 3. The predicted octanol–water partition coefficient (Wildman–Crippen LogP) is 5.02. The number of ether oxygens (including phenoxy) is 1. The largest absolute Gasteiger partial charge is 0.494 e. The van der Waals surface area contributed by atoms with Crippen molar-refractivity contribution in [2.24, 2.45) is 0 Å². The lowest BCUT2D eigenvalue weighted by Crippen LogP contribution is -2.51. The van der Waals surface area contributed by atoms with Gasteiger partial charge in [-0.3, -0.25) is 13.9 Å². The van der Waals surface area contributed by atoms with Gasteiger partial charge in [0.2, 0.25) is 11.8 Å². The highest BCUT2D eigenvalue weighted by molar-refractivity contribution is 7.92. The Hall–Kier alpha value is -3.63. The van der Waals surface area contributed by atoms with Crippen molar-refractivity contribution in [2.75, 3.05) is 24.0 Å². The molecule has 3 rings (SSSR count). The molecule has 8 nitrogen and oxygen atoms in total. The van der Waals surface area contributed by atoms with Gasteiger partial charge < -0.3 is 15.0 Å². The van der Waals surface area contributed by atoms with Crippen LogP contribution in [-0.4, -0.2) is 50.9 Å². The van der Waals surface area contributed by atoms with E-state index in [9.17, 15) is 22.4 Å². The maximum atomic E-state index is 13.8. The Morgan fingerprint density at radius 1 is 1.02 bits per heavy atom. The number of halogens is 2. The summed E-state index contributed by atoms with van der Waals surface area (Å²) in [5.74, 6) is -1.07. The molecule has 0 spiro atoms. The van der Waals surface area contributed by atoms with Crippen molar-refractivity contribution in [2.45, 2.75) is 44.7 Å². The standard InChI is InChI=1S/C29H33ClFN3O5S/c1-4-17-32-29(36)21(3)33(19-22-7-6-8-23(30)18-22)28(35)20-34(25-11-9-24(31)10-12-25)40(37,38)27-15-13-26(14-16-27)39-5-2/h6-16,18,21H,4-5,17,19-20H2,1-3H3,(H,32,36). The molecule has 3 aromatic rings. The number of rotatable bonds is 13. The molecule has 3 aromatic carbocycles. The summed E-state index contributed by atoms with van der Waals surface area (Å²) in [6.07, 6.45) is 0.708. The molecule has 0 aliphatic rings. The molecule has 0 fully saturated rings. The summed E-state index contributed by atoms with van der Waals surface area (Å²) in [7, 11) is -4.28. The number of carbonyl (C=O) groups is 2. The monoisotopic (exact) mass is 589 g/mol. The molecule has 1 atom stereocenters. The van der Waals surface area contributed by atoms with Crippen molar-refractivity contribution in [3.8, 4) is 5.75 Å². The van der Waals surface area contributed by atoms with Gasteiger partial charge in [0.25, 0.3) is 10.0 Å². The van der Waals surface area contributed by atoms with Gasteiger partial charge in [0, 0.05) is 18.1 Å². The van der Waals surface area contributed by atoms with Gasteiger partial charge in [-0.25, -0.2) is 12.8 Å². The van der Waals surface area contributed by atoms with Crippen LogP contribution in [0.4, 0.5) is 10.1 Å². The van der Waals surface area contributed by atoms with E-state index >= 15 is 0 Å². The third kappa shape index (κ3) is 7.95. The number of carbonyl (C=O) groups excluding carboxylic acids is 2. The van der Waals surface area contributed by atoms with E-state index in [1.807, 2.05) is 13.8 Å².